The second kappa shape index (κ2) is 2.62. The topological polar surface area (TPSA) is 0 Å². The van der Waals surface area contributed by atoms with Crippen LogP contribution in [-0.2, 0) is 0 Å². The maximum atomic E-state index is 2.51. The number of allylic oxidation sites excluding steroid dienone is 2. The van der Waals surface area contributed by atoms with E-state index in [4.69, 9.17) is 0 Å². The summed E-state index contributed by atoms with van der Waals surface area (Å²) in [6.07, 6.45) is 9.59. The van der Waals surface area contributed by atoms with E-state index in [1.165, 1.54) is 19.3 Å². The summed E-state index contributed by atoms with van der Waals surface area (Å²) in [5.74, 6) is 6.10. The van der Waals surface area contributed by atoms with Crippen molar-refractivity contribution in [2.24, 2.45) is 35.5 Å². The van der Waals surface area contributed by atoms with Gasteiger partial charge in [0.1, 0.15) is 0 Å². The highest BCUT2D eigenvalue weighted by atomic mass is 14.5. The van der Waals surface area contributed by atoms with Crippen LogP contribution in [0.15, 0.2) is 12.2 Å². The van der Waals surface area contributed by atoms with E-state index in [0.717, 1.165) is 35.5 Å². The zero-order chi connectivity index (χ0) is 9.00. The molecule has 3 aliphatic carbocycles. The molecule has 0 aromatic rings. The van der Waals surface area contributed by atoms with Crippen LogP contribution in [0.5, 0.6) is 0 Å². The summed E-state index contributed by atoms with van der Waals surface area (Å²) in [7, 11) is 0. The second-order valence-electron chi connectivity index (χ2n) is 5.75. The molecule has 13 heavy (non-hydrogen) atoms. The first-order valence-corrected chi connectivity index (χ1v) is 5.94. The van der Waals surface area contributed by atoms with Crippen molar-refractivity contribution in [3.05, 3.63) is 12.2 Å². The van der Waals surface area contributed by atoms with Crippen molar-refractivity contribution in [2.45, 2.75) is 33.1 Å². The molecule has 2 bridgehead atoms. The van der Waals surface area contributed by atoms with Crippen LogP contribution in [0.3, 0.4) is 0 Å². The quantitative estimate of drug-likeness (QED) is 0.536. The maximum Gasteiger partial charge on any atom is -0.0196 e. The van der Waals surface area contributed by atoms with Gasteiger partial charge in [-0.25, -0.2) is 0 Å². The molecular weight excluding hydrogens is 156 g/mol. The molecule has 4 unspecified atom stereocenters. The summed E-state index contributed by atoms with van der Waals surface area (Å²) in [6.45, 7) is 4.81. The molecule has 0 aromatic carbocycles. The first-order valence-electron chi connectivity index (χ1n) is 5.94. The number of fused-ring (bicyclic) bond motifs is 5. The lowest BCUT2D eigenvalue weighted by atomic mass is 9.86. The molecule has 0 N–H and O–H groups in total. The summed E-state index contributed by atoms with van der Waals surface area (Å²) < 4.78 is 0. The van der Waals surface area contributed by atoms with E-state index >= 15 is 0 Å². The zero-order valence-electron chi connectivity index (χ0n) is 8.74. The summed E-state index contributed by atoms with van der Waals surface area (Å²) in [6, 6.07) is 0. The van der Waals surface area contributed by atoms with Crippen LogP contribution < -0.4 is 0 Å². The van der Waals surface area contributed by atoms with Gasteiger partial charge in [-0.3, -0.25) is 0 Å². The Kier molecular flexibility index (Phi) is 1.63. The van der Waals surface area contributed by atoms with Gasteiger partial charge in [0.05, 0.1) is 0 Å². The molecule has 3 aliphatic rings. The van der Waals surface area contributed by atoms with Gasteiger partial charge in [-0.05, 0) is 54.8 Å². The molecule has 0 amide bonds. The van der Waals surface area contributed by atoms with Gasteiger partial charge >= 0.3 is 0 Å². The molecule has 2 fully saturated rings. The van der Waals surface area contributed by atoms with Crippen LogP contribution in [0.25, 0.3) is 0 Å². The molecule has 4 atom stereocenters. The highest BCUT2D eigenvalue weighted by molar-refractivity contribution is 5.15. The Bertz CT molecular complexity index is 218. The van der Waals surface area contributed by atoms with E-state index in [-0.39, 0.29) is 0 Å². The molecule has 2 saturated carbocycles. The molecule has 0 heterocycles. The summed E-state index contributed by atoms with van der Waals surface area (Å²) in [4.78, 5) is 0. The number of rotatable bonds is 1. The average molecular weight is 176 g/mol. The van der Waals surface area contributed by atoms with Crippen molar-refractivity contribution in [3.8, 4) is 0 Å². The Hall–Kier alpha value is -0.260. The van der Waals surface area contributed by atoms with Crippen molar-refractivity contribution >= 4 is 0 Å². The molecule has 0 aliphatic heterocycles. The van der Waals surface area contributed by atoms with Gasteiger partial charge in [-0.2, -0.15) is 0 Å². The first-order chi connectivity index (χ1) is 6.25. The van der Waals surface area contributed by atoms with Crippen molar-refractivity contribution in [2.75, 3.05) is 0 Å². The maximum absolute atomic E-state index is 2.51. The minimum absolute atomic E-state index is 0.921. The Labute approximate surface area is 81.4 Å². The van der Waals surface area contributed by atoms with E-state index in [9.17, 15) is 0 Å². The molecule has 3 rings (SSSR count). The predicted molar refractivity (Wildman–Crippen MR) is 55.3 cm³/mol. The summed E-state index contributed by atoms with van der Waals surface area (Å²) in [5, 5.41) is 0. The minimum Gasteiger partial charge on any atom is -0.0848 e. The molecule has 0 spiro atoms. The monoisotopic (exact) mass is 176 g/mol. The smallest absolute Gasteiger partial charge is 0.0196 e. The van der Waals surface area contributed by atoms with Crippen molar-refractivity contribution in [3.63, 3.8) is 0 Å². The van der Waals surface area contributed by atoms with Gasteiger partial charge < -0.3 is 0 Å². The predicted octanol–water partition coefficient (Wildman–Crippen LogP) is 3.49. The van der Waals surface area contributed by atoms with E-state index < -0.39 is 0 Å². The number of hydrogen-bond donors (Lipinski definition) is 0. The Morgan fingerprint density at radius 2 is 1.46 bits per heavy atom. The van der Waals surface area contributed by atoms with Gasteiger partial charge in [0.15, 0.2) is 0 Å². The molecule has 0 heteroatoms. The van der Waals surface area contributed by atoms with Gasteiger partial charge in [0.2, 0.25) is 0 Å². The van der Waals surface area contributed by atoms with E-state index in [1.807, 2.05) is 0 Å². The second-order valence-corrected chi connectivity index (χ2v) is 5.75. The van der Waals surface area contributed by atoms with Crippen molar-refractivity contribution in [1.29, 1.82) is 0 Å². The molecule has 0 nitrogen and oxygen atoms in total. The Morgan fingerprint density at radius 1 is 0.923 bits per heavy atom. The van der Waals surface area contributed by atoms with Gasteiger partial charge in [0.25, 0.3) is 0 Å². The lowest BCUT2D eigenvalue weighted by Crippen LogP contribution is -2.12. The molecule has 0 aromatic heterocycles. The fourth-order valence-electron chi connectivity index (χ4n) is 4.07. The van der Waals surface area contributed by atoms with Crippen LogP contribution in [0, 0.1) is 35.5 Å². The minimum atomic E-state index is 0.921. The normalized spacial score (nSPS) is 52.1. The van der Waals surface area contributed by atoms with Crippen LogP contribution in [0.1, 0.15) is 33.1 Å². The van der Waals surface area contributed by atoms with Crippen molar-refractivity contribution in [1.82, 2.24) is 0 Å². The highest BCUT2D eigenvalue weighted by Gasteiger charge is 2.49. The summed E-state index contributed by atoms with van der Waals surface area (Å²) in [5.41, 5.74) is 0. The fraction of sp³-hybridized carbons (Fsp3) is 0.846. The van der Waals surface area contributed by atoms with Crippen LogP contribution in [0.4, 0.5) is 0 Å². The van der Waals surface area contributed by atoms with Crippen LogP contribution >= 0.6 is 0 Å². The zero-order valence-corrected chi connectivity index (χ0v) is 8.74. The summed E-state index contributed by atoms with van der Waals surface area (Å²) >= 11 is 0. The SMILES string of the molecule is CC(C)C1CC2C3C=CC(C3)C2C1. The third-order valence-electron chi connectivity index (χ3n) is 4.89. The Morgan fingerprint density at radius 3 is 1.92 bits per heavy atom. The third kappa shape index (κ3) is 1.04. The van der Waals surface area contributed by atoms with Crippen molar-refractivity contribution < 1.29 is 0 Å². The molecule has 72 valence electrons. The van der Waals surface area contributed by atoms with Gasteiger partial charge in [-0.15, -0.1) is 0 Å². The fourth-order valence-corrected chi connectivity index (χ4v) is 4.07. The first kappa shape index (κ1) is 8.08. The molecule has 0 radical (unpaired) electrons. The molecular formula is C13H20. The van der Waals surface area contributed by atoms with Gasteiger partial charge in [-0.1, -0.05) is 26.0 Å². The van der Waals surface area contributed by atoms with Gasteiger partial charge in [0, 0.05) is 0 Å². The van der Waals surface area contributed by atoms with E-state index in [1.54, 1.807) is 0 Å². The standard InChI is InChI=1S/C13H20/c1-8(2)11-6-12-9-3-4-10(5-9)13(12)7-11/h3-4,8-13H,5-7H2,1-2H3. The van der Waals surface area contributed by atoms with Crippen LogP contribution in [0.2, 0.25) is 0 Å². The third-order valence-corrected chi connectivity index (χ3v) is 4.89. The van der Waals surface area contributed by atoms with E-state index in [2.05, 4.69) is 26.0 Å². The lowest BCUT2D eigenvalue weighted by molar-refractivity contribution is 0.351. The Balaban J connectivity index is 1.79. The van der Waals surface area contributed by atoms with Crippen LogP contribution in [-0.4, -0.2) is 0 Å². The van der Waals surface area contributed by atoms with E-state index in [0.29, 0.717) is 0 Å². The number of hydrogen-bond acceptors (Lipinski definition) is 0. The largest absolute Gasteiger partial charge is 0.0848 e. The highest BCUT2D eigenvalue weighted by Crippen LogP contribution is 2.58. The average Bonchev–Trinajstić information content (AvgIpc) is 2.76. The lowest BCUT2D eigenvalue weighted by Gasteiger charge is -2.19. The molecule has 0 saturated heterocycles.